The summed E-state index contributed by atoms with van der Waals surface area (Å²) < 4.78 is 5.05. The highest BCUT2D eigenvalue weighted by molar-refractivity contribution is 8.34. The van der Waals surface area contributed by atoms with E-state index in [-0.39, 0.29) is 0 Å². The number of fused-ring (bicyclic) bond motifs is 6. The van der Waals surface area contributed by atoms with Crippen molar-refractivity contribution in [3.05, 3.63) is 352 Å². The molecule has 0 aliphatic heterocycles. The molecule has 16 aromatic rings. The van der Waals surface area contributed by atoms with Crippen molar-refractivity contribution < 1.29 is 0 Å². The highest BCUT2D eigenvalue weighted by Gasteiger charge is 2.36. The molecule has 2 aromatic heterocycles. The van der Waals surface area contributed by atoms with Crippen LogP contribution in [0.2, 0.25) is 0 Å². The first-order valence-electron chi connectivity index (χ1n) is 29.9. The van der Waals surface area contributed by atoms with E-state index in [0.717, 1.165) is 44.7 Å². The Hall–Kier alpha value is -11.0. The number of benzene rings is 14. The average Bonchev–Trinajstić information content (AvgIpc) is 1.91. The molecule has 2 nitrogen and oxygen atoms in total. The summed E-state index contributed by atoms with van der Waals surface area (Å²) in [6.45, 7) is 0. The number of aromatic nitrogens is 2. The summed E-state index contributed by atoms with van der Waals surface area (Å²) >= 11 is 0. The SMILES string of the molecule is c1ccc(-c2cc(-c3ccccc3)cc(S(c3ccccc3)(c3ccccc3)c3cc(-c4ccccc4)c(-n4c5ccccc5c5cc(-n6c7ccc(-c8ccccc8)cc7c7cc(-c8ccccc8)ccc76)ccc54)c(-c4ccccc4)c3)c2)cc1. The Labute approximate surface area is 509 Å². The third kappa shape index (κ3) is 8.99. The second kappa shape index (κ2) is 21.9. The van der Waals surface area contributed by atoms with Crippen molar-refractivity contribution in [3.8, 4) is 78.1 Å². The molecule has 2 heterocycles. The van der Waals surface area contributed by atoms with Crippen LogP contribution in [-0.2, 0) is 0 Å². The fraction of sp³-hybridized carbons (Fsp3) is 0. The van der Waals surface area contributed by atoms with Gasteiger partial charge in [-0.05, 0) is 159 Å². The first-order valence-corrected chi connectivity index (χ1v) is 31.5. The summed E-state index contributed by atoms with van der Waals surface area (Å²) in [4.78, 5) is 5.01. The third-order valence-electron chi connectivity index (χ3n) is 17.4. The van der Waals surface area contributed by atoms with E-state index in [2.05, 4.69) is 361 Å². The van der Waals surface area contributed by atoms with Crippen molar-refractivity contribution in [2.75, 3.05) is 0 Å². The minimum atomic E-state index is -2.32. The average molecular weight is 1130 g/mol. The predicted octanol–water partition coefficient (Wildman–Crippen LogP) is 23.2. The van der Waals surface area contributed by atoms with Crippen molar-refractivity contribution >= 4 is 53.6 Å². The summed E-state index contributed by atoms with van der Waals surface area (Å²) in [7, 11) is -2.32. The molecule has 0 radical (unpaired) electrons. The number of para-hydroxylation sites is 1. The molecule has 14 aromatic carbocycles. The van der Waals surface area contributed by atoms with E-state index in [1.165, 1.54) is 96.7 Å². The Kier molecular flexibility index (Phi) is 13.0. The monoisotopic (exact) mass is 1130 g/mol. The molecule has 0 amide bonds. The molecule has 0 N–H and O–H groups in total. The van der Waals surface area contributed by atoms with Crippen LogP contribution in [0.5, 0.6) is 0 Å². The van der Waals surface area contributed by atoms with E-state index in [1.54, 1.807) is 0 Å². The second-order valence-electron chi connectivity index (χ2n) is 22.4. The van der Waals surface area contributed by atoms with Crippen LogP contribution >= 0.6 is 10.0 Å². The Bertz CT molecular complexity index is 4900. The lowest BCUT2D eigenvalue weighted by Gasteiger charge is -2.43. The largest absolute Gasteiger partial charge is 0.309 e. The Morgan fingerprint density at radius 2 is 0.517 bits per heavy atom. The molecule has 0 aliphatic carbocycles. The van der Waals surface area contributed by atoms with Gasteiger partial charge in [-0.15, -0.1) is 10.0 Å². The van der Waals surface area contributed by atoms with E-state index >= 15 is 0 Å². The smallest absolute Gasteiger partial charge is 0.0619 e. The van der Waals surface area contributed by atoms with Gasteiger partial charge in [-0.25, -0.2) is 0 Å². The van der Waals surface area contributed by atoms with Crippen molar-refractivity contribution in [1.82, 2.24) is 9.13 Å². The molecule has 0 aliphatic rings. The van der Waals surface area contributed by atoms with Crippen LogP contribution in [-0.4, -0.2) is 9.13 Å². The van der Waals surface area contributed by atoms with Crippen LogP contribution in [0.25, 0.3) is 122 Å². The van der Waals surface area contributed by atoms with Crippen LogP contribution in [0.3, 0.4) is 0 Å². The van der Waals surface area contributed by atoms with E-state index < -0.39 is 10.0 Å². The Morgan fingerprint density at radius 1 is 0.184 bits per heavy atom. The zero-order chi connectivity index (χ0) is 57.7. The van der Waals surface area contributed by atoms with Gasteiger partial charge in [0.15, 0.2) is 0 Å². The van der Waals surface area contributed by atoms with Gasteiger partial charge in [-0.3, -0.25) is 0 Å². The second-order valence-corrected chi connectivity index (χ2v) is 25.5. The topological polar surface area (TPSA) is 9.86 Å². The molecule has 0 bridgehead atoms. The van der Waals surface area contributed by atoms with Gasteiger partial charge in [0.05, 0.1) is 27.8 Å². The van der Waals surface area contributed by atoms with Gasteiger partial charge >= 0.3 is 0 Å². The number of hydrogen-bond donors (Lipinski definition) is 0. The van der Waals surface area contributed by atoms with Gasteiger partial charge in [-0.1, -0.05) is 249 Å². The van der Waals surface area contributed by atoms with E-state index in [9.17, 15) is 0 Å². The molecule has 0 fully saturated rings. The zero-order valence-electron chi connectivity index (χ0n) is 47.8. The van der Waals surface area contributed by atoms with Crippen LogP contribution < -0.4 is 0 Å². The number of hydrogen-bond acceptors (Lipinski definition) is 0. The van der Waals surface area contributed by atoms with Crippen LogP contribution in [0.15, 0.2) is 371 Å². The maximum Gasteiger partial charge on any atom is 0.0619 e. The highest BCUT2D eigenvalue weighted by atomic mass is 32.3. The summed E-state index contributed by atoms with van der Waals surface area (Å²) in [6, 6.07) is 131. The first kappa shape index (κ1) is 51.7. The summed E-state index contributed by atoms with van der Waals surface area (Å²) in [5.41, 5.74) is 20.9. The van der Waals surface area contributed by atoms with Gasteiger partial charge in [0.1, 0.15) is 0 Å². The molecule has 0 saturated heterocycles. The minimum absolute atomic E-state index is 1.11. The van der Waals surface area contributed by atoms with Gasteiger partial charge < -0.3 is 9.13 Å². The van der Waals surface area contributed by atoms with Crippen LogP contribution in [0, 0.1) is 0 Å². The molecule has 16 rings (SSSR count). The third-order valence-corrected chi connectivity index (χ3v) is 21.2. The molecular formula is C84H58N2S. The standard InChI is InChI=1S/C84H58N2S/c1-9-27-59(28-10-1)65-45-48-81-77(54-65)78-55-66(60-29-11-2-12-30-60)46-49-82(78)85(81)69-47-50-83-79(56-69)74-43-25-26-44-80(74)86(83)84-75(63-35-17-5-18-36-63)57-73(58-76(84)64-37-19-6-20-38-64)87(70-39-21-7-22-40-70,71-41-23-8-24-42-71)72-52-67(61-31-13-3-14-32-61)51-68(53-72)62-33-15-4-16-34-62/h1-58H. The normalized spacial score (nSPS) is 11.9. The minimum Gasteiger partial charge on any atom is -0.309 e. The molecular weight excluding hydrogens is 1070 g/mol. The molecule has 0 atom stereocenters. The lowest BCUT2D eigenvalue weighted by atomic mass is 9.95. The number of rotatable bonds is 12. The van der Waals surface area contributed by atoms with E-state index in [1.807, 2.05) is 0 Å². The van der Waals surface area contributed by atoms with Crippen molar-refractivity contribution in [3.63, 3.8) is 0 Å². The fourth-order valence-electron chi connectivity index (χ4n) is 13.4. The van der Waals surface area contributed by atoms with Crippen molar-refractivity contribution in [1.29, 1.82) is 0 Å². The fourth-order valence-corrected chi connectivity index (χ4v) is 17.4. The lowest BCUT2D eigenvalue weighted by Crippen LogP contribution is -2.08. The Morgan fingerprint density at radius 3 is 0.966 bits per heavy atom. The number of nitrogens with zero attached hydrogens (tertiary/aromatic N) is 2. The molecule has 87 heavy (non-hydrogen) atoms. The van der Waals surface area contributed by atoms with E-state index in [0.29, 0.717) is 0 Å². The maximum absolute atomic E-state index is 2.57. The van der Waals surface area contributed by atoms with E-state index in [4.69, 9.17) is 0 Å². The van der Waals surface area contributed by atoms with Crippen molar-refractivity contribution in [2.45, 2.75) is 19.6 Å². The maximum atomic E-state index is 2.57. The van der Waals surface area contributed by atoms with Gasteiger partial charge in [-0.2, -0.15) is 0 Å². The van der Waals surface area contributed by atoms with Gasteiger partial charge in [0.2, 0.25) is 0 Å². The van der Waals surface area contributed by atoms with Crippen molar-refractivity contribution in [2.24, 2.45) is 0 Å². The molecule has 0 spiro atoms. The quantitative estimate of drug-likeness (QED) is 0.115. The summed E-state index contributed by atoms with van der Waals surface area (Å²) in [5.74, 6) is 0. The summed E-state index contributed by atoms with van der Waals surface area (Å²) in [5, 5.41) is 4.81. The lowest BCUT2D eigenvalue weighted by molar-refractivity contribution is 1.16. The molecule has 0 unspecified atom stereocenters. The molecule has 410 valence electrons. The zero-order valence-corrected chi connectivity index (χ0v) is 48.6. The molecule has 3 heteroatoms. The molecule has 0 saturated carbocycles. The predicted molar refractivity (Wildman–Crippen MR) is 368 cm³/mol. The highest BCUT2D eigenvalue weighted by Crippen LogP contribution is 2.75. The van der Waals surface area contributed by atoms with Crippen LogP contribution in [0.4, 0.5) is 0 Å². The van der Waals surface area contributed by atoms with Crippen LogP contribution in [0.1, 0.15) is 0 Å². The van der Waals surface area contributed by atoms with Gasteiger partial charge in [0, 0.05) is 57.9 Å². The first-order chi connectivity index (χ1) is 43.2. The summed E-state index contributed by atoms with van der Waals surface area (Å²) in [6.07, 6.45) is 0. The Balaban J connectivity index is 0.990. The van der Waals surface area contributed by atoms with Gasteiger partial charge in [0.25, 0.3) is 0 Å².